The quantitative estimate of drug-likeness (QED) is 0.183. The van der Waals surface area contributed by atoms with Crippen molar-refractivity contribution >= 4 is 28.6 Å². The first-order chi connectivity index (χ1) is 21.9. The minimum absolute atomic E-state index is 0.242. The Balaban J connectivity index is 1.19. The van der Waals surface area contributed by atoms with Crippen molar-refractivity contribution in [3.8, 4) is 39.7 Å². The number of fused-ring (bicyclic) bond motifs is 1. The van der Waals surface area contributed by atoms with Crippen LogP contribution in [-0.4, -0.2) is 25.6 Å². The number of imidazole rings is 1. The Bertz CT molecular complexity index is 1990. The molecule has 8 heteroatoms. The molecule has 0 atom stereocenters. The molecule has 226 valence electrons. The summed E-state index contributed by atoms with van der Waals surface area (Å²) in [5, 5.41) is 10.2. The second-order valence-corrected chi connectivity index (χ2v) is 12.0. The molecule has 0 unspecified atom stereocenters. The molecule has 0 amide bonds. The predicted molar refractivity (Wildman–Crippen MR) is 176 cm³/mol. The fourth-order valence-electron chi connectivity index (χ4n) is 6.25. The number of oxazole rings is 1. The number of halogens is 1. The monoisotopic (exact) mass is 617 g/mol. The highest BCUT2D eigenvalue weighted by molar-refractivity contribution is 6.30. The number of aromatic carboxylic acids is 1. The fourth-order valence-corrected chi connectivity index (χ4v) is 6.38. The second-order valence-electron chi connectivity index (χ2n) is 11.6. The van der Waals surface area contributed by atoms with Gasteiger partial charge in [0.05, 0.1) is 22.8 Å². The van der Waals surface area contributed by atoms with E-state index in [1.165, 1.54) is 19.3 Å². The number of carboxylic acid groups (broad SMARTS) is 1. The van der Waals surface area contributed by atoms with Crippen LogP contribution >= 0.6 is 11.6 Å². The van der Waals surface area contributed by atoms with Crippen LogP contribution in [0.25, 0.3) is 45.0 Å². The SMILES string of the molecule is Cc1cnc(-c2ccc(-c3ccc(Cl)cc3)c(COc3ccc(-c4nc5cc(C(=O)O)ccc5n4C4CCCCC4)cc3)c2)o1. The predicted octanol–water partition coefficient (Wildman–Crippen LogP) is 9.77. The van der Waals surface area contributed by atoms with Crippen LogP contribution in [0.3, 0.4) is 0 Å². The summed E-state index contributed by atoms with van der Waals surface area (Å²) in [5.41, 5.74) is 6.82. The van der Waals surface area contributed by atoms with Gasteiger partial charge in [-0.1, -0.05) is 49.1 Å². The van der Waals surface area contributed by atoms with E-state index in [1.54, 1.807) is 18.3 Å². The number of hydrogen-bond acceptors (Lipinski definition) is 5. The minimum atomic E-state index is -0.951. The molecule has 1 fully saturated rings. The summed E-state index contributed by atoms with van der Waals surface area (Å²) < 4.78 is 14.4. The van der Waals surface area contributed by atoms with E-state index in [0.717, 1.165) is 63.5 Å². The van der Waals surface area contributed by atoms with Gasteiger partial charge in [0.1, 0.15) is 23.9 Å². The molecule has 0 bridgehead atoms. The van der Waals surface area contributed by atoms with E-state index in [0.29, 0.717) is 29.1 Å². The number of carbonyl (C=O) groups is 1. The lowest BCUT2D eigenvalue weighted by molar-refractivity contribution is 0.0697. The maximum absolute atomic E-state index is 11.7. The van der Waals surface area contributed by atoms with E-state index in [1.807, 2.05) is 67.6 Å². The van der Waals surface area contributed by atoms with E-state index in [2.05, 4.69) is 21.7 Å². The smallest absolute Gasteiger partial charge is 0.335 e. The lowest BCUT2D eigenvalue weighted by atomic mass is 9.95. The van der Waals surface area contributed by atoms with Crippen LogP contribution in [0.15, 0.2) is 95.5 Å². The third kappa shape index (κ3) is 5.96. The molecule has 1 aliphatic rings. The third-order valence-electron chi connectivity index (χ3n) is 8.51. The second kappa shape index (κ2) is 12.3. The molecule has 0 spiro atoms. The van der Waals surface area contributed by atoms with Crippen LogP contribution in [-0.2, 0) is 6.61 Å². The molecule has 2 heterocycles. The van der Waals surface area contributed by atoms with Crippen LogP contribution < -0.4 is 4.74 Å². The van der Waals surface area contributed by atoms with E-state index < -0.39 is 5.97 Å². The number of ether oxygens (including phenoxy) is 1. The first kappa shape index (κ1) is 28.9. The zero-order valence-corrected chi connectivity index (χ0v) is 25.6. The van der Waals surface area contributed by atoms with Gasteiger partial charge in [-0.15, -0.1) is 0 Å². The molecule has 7 nitrogen and oxygen atoms in total. The van der Waals surface area contributed by atoms with E-state index in [-0.39, 0.29) is 5.56 Å². The van der Waals surface area contributed by atoms with Gasteiger partial charge < -0.3 is 18.8 Å². The fraction of sp³-hybridized carbons (Fsp3) is 0.216. The number of aryl methyl sites for hydroxylation is 1. The van der Waals surface area contributed by atoms with Gasteiger partial charge >= 0.3 is 5.97 Å². The number of rotatable bonds is 8. The molecule has 7 rings (SSSR count). The summed E-state index contributed by atoms with van der Waals surface area (Å²) in [6.07, 6.45) is 7.49. The largest absolute Gasteiger partial charge is 0.489 e. The molecular weight excluding hydrogens is 586 g/mol. The van der Waals surface area contributed by atoms with E-state index in [4.69, 9.17) is 25.7 Å². The molecular formula is C37H32ClN3O4. The van der Waals surface area contributed by atoms with Gasteiger partial charge in [0.15, 0.2) is 0 Å². The number of benzene rings is 4. The molecule has 2 aromatic heterocycles. The number of carboxylic acids is 1. The van der Waals surface area contributed by atoms with Gasteiger partial charge in [-0.3, -0.25) is 0 Å². The molecule has 0 radical (unpaired) electrons. The van der Waals surface area contributed by atoms with Crippen molar-refractivity contribution in [2.24, 2.45) is 0 Å². The first-order valence-electron chi connectivity index (χ1n) is 15.2. The maximum atomic E-state index is 11.7. The van der Waals surface area contributed by atoms with Gasteiger partial charge in [-0.25, -0.2) is 14.8 Å². The molecule has 45 heavy (non-hydrogen) atoms. The van der Waals surface area contributed by atoms with Crippen molar-refractivity contribution in [1.82, 2.24) is 14.5 Å². The Hall–Kier alpha value is -4.88. The number of nitrogens with zero attached hydrogens (tertiary/aromatic N) is 3. The van der Waals surface area contributed by atoms with Gasteiger partial charge in [-0.05, 0) is 103 Å². The van der Waals surface area contributed by atoms with Crippen molar-refractivity contribution in [3.05, 3.63) is 113 Å². The third-order valence-corrected chi connectivity index (χ3v) is 8.76. The van der Waals surface area contributed by atoms with Crippen molar-refractivity contribution < 1.29 is 19.1 Å². The number of aromatic nitrogens is 3. The highest BCUT2D eigenvalue weighted by Gasteiger charge is 2.23. The van der Waals surface area contributed by atoms with Gasteiger partial charge in [0.25, 0.3) is 0 Å². The van der Waals surface area contributed by atoms with Crippen molar-refractivity contribution in [3.63, 3.8) is 0 Å². The Morgan fingerprint density at radius 1 is 0.933 bits per heavy atom. The Morgan fingerprint density at radius 3 is 2.38 bits per heavy atom. The first-order valence-corrected chi connectivity index (χ1v) is 15.6. The molecule has 1 saturated carbocycles. The molecule has 4 aromatic carbocycles. The summed E-state index contributed by atoms with van der Waals surface area (Å²) in [5.74, 6) is 1.95. The molecule has 0 saturated heterocycles. The Morgan fingerprint density at radius 2 is 1.67 bits per heavy atom. The zero-order valence-electron chi connectivity index (χ0n) is 24.9. The topological polar surface area (TPSA) is 90.4 Å². The van der Waals surface area contributed by atoms with Crippen LogP contribution in [0.5, 0.6) is 5.75 Å². The Kier molecular flexibility index (Phi) is 7.86. The standard InChI is InChI=1S/C37H32ClN3O4/c1-23-21-39-36(45-23)26-11-17-32(24-7-13-29(38)14-8-24)28(19-26)22-44-31-15-9-25(10-16-31)35-40-33-20-27(37(42)43)12-18-34(33)41(35)30-5-3-2-4-6-30/h7-21,30H,2-6,22H2,1H3,(H,42,43). The summed E-state index contributed by atoms with van der Waals surface area (Å²) >= 11 is 6.17. The van der Waals surface area contributed by atoms with Crippen molar-refractivity contribution in [1.29, 1.82) is 0 Å². The molecule has 1 N–H and O–H groups in total. The lowest BCUT2D eigenvalue weighted by Gasteiger charge is -2.25. The molecule has 6 aromatic rings. The summed E-state index contributed by atoms with van der Waals surface area (Å²) in [6.45, 7) is 2.22. The average Bonchev–Trinajstić information content (AvgIpc) is 3.68. The van der Waals surface area contributed by atoms with Crippen LogP contribution in [0.1, 0.15) is 59.8 Å². The highest BCUT2D eigenvalue weighted by Crippen LogP contribution is 2.37. The van der Waals surface area contributed by atoms with Crippen molar-refractivity contribution in [2.45, 2.75) is 51.7 Å². The van der Waals surface area contributed by atoms with Crippen LogP contribution in [0, 0.1) is 6.92 Å². The zero-order chi connectivity index (χ0) is 30.9. The highest BCUT2D eigenvalue weighted by atomic mass is 35.5. The average molecular weight is 618 g/mol. The summed E-state index contributed by atoms with van der Waals surface area (Å²) in [4.78, 5) is 21.0. The van der Waals surface area contributed by atoms with Gasteiger partial charge in [-0.2, -0.15) is 0 Å². The summed E-state index contributed by atoms with van der Waals surface area (Å²) in [6, 6.07) is 27.4. The normalized spacial score (nSPS) is 13.7. The van der Waals surface area contributed by atoms with Crippen molar-refractivity contribution in [2.75, 3.05) is 0 Å². The summed E-state index contributed by atoms with van der Waals surface area (Å²) in [7, 11) is 0. The van der Waals surface area contributed by atoms with Gasteiger partial charge in [0.2, 0.25) is 5.89 Å². The lowest BCUT2D eigenvalue weighted by Crippen LogP contribution is -2.14. The minimum Gasteiger partial charge on any atom is -0.489 e. The number of hydrogen-bond donors (Lipinski definition) is 1. The maximum Gasteiger partial charge on any atom is 0.335 e. The Labute approximate surface area is 266 Å². The van der Waals surface area contributed by atoms with Crippen LogP contribution in [0.4, 0.5) is 0 Å². The van der Waals surface area contributed by atoms with Crippen LogP contribution in [0.2, 0.25) is 5.02 Å². The van der Waals surface area contributed by atoms with Gasteiger partial charge in [0, 0.05) is 22.2 Å². The molecule has 1 aliphatic carbocycles. The molecule has 0 aliphatic heterocycles. The van der Waals surface area contributed by atoms with E-state index >= 15 is 0 Å². The van der Waals surface area contributed by atoms with E-state index in [9.17, 15) is 9.90 Å².